The summed E-state index contributed by atoms with van der Waals surface area (Å²) in [5.74, 6) is 1.08. The Labute approximate surface area is 166 Å². The summed E-state index contributed by atoms with van der Waals surface area (Å²) in [4.78, 5) is 12.2. The van der Waals surface area contributed by atoms with E-state index in [0.29, 0.717) is 29.5 Å². The molecule has 0 bridgehead atoms. The monoisotopic (exact) mass is 390 g/mol. The molecule has 0 saturated carbocycles. The van der Waals surface area contributed by atoms with E-state index in [9.17, 15) is 4.79 Å². The Morgan fingerprint density at radius 2 is 1.67 bits per heavy atom. The Bertz CT molecular complexity index is 783. The lowest BCUT2D eigenvalue weighted by atomic mass is 9.87. The van der Waals surface area contributed by atoms with Crippen LogP contribution in [0.5, 0.6) is 11.5 Å². The normalized spacial score (nSPS) is 11.0. The minimum atomic E-state index is -0.0640. The first-order chi connectivity index (χ1) is 12.7. The minimum absolute atomic E-state index is 0.0640. The Kier molecular flexibility index (Phi) is 6.97. The molecule has 0 saturated heterocycles. The molecule has 1 amide bonds. The number of rotatable bonds is 7. The molecule has 27 heavy (non-hydrogen) atoms. The van der Waals surface area contributed by atoms with Crippen LogP contribution in [-0.4, -0.2) is 26.7 Å². The predicted molar refractivity (Wildman–Crippen MR) is 111 cm³/mol. The van der Waals surface area contributed by atoms with Gasteiger partial charge >= 0.3 is 0 Å². The van der Waals surface area contributed by atoms with E-state index >= 15 is 0 Å². The predicted octanol–water partition coefficient (Wildman–Crippen LogP) is 5.10. The Morgan fingerprint density at radius 1 is 1.04 bits per heavy atom. The topological polar surface area (TPSA) is 59.6 Å². The fourth-order valence-electron chi connectivity index (χ4n) is 2.59. The number of nitrogens with one attached hydrogen (secondary N) is 2. The number of methoxy groups -OCH3 is 2. The van der Waals surface area contributed by atoms with Crippen LogP contribution in [-0.2, 0) is 10.2 Å². The number of amides is 1. The number of halogens is 1. The smallest absolute Gasteiger partial charge is 0.226 e. The van der Waals surface area contributed by atoms with Crippen molar-refractivity contribution < 1.29 is 14.3 Å². The molecule has 6 heteroatoms. The minimum Gasteiger partial charge on any atom is -0.495 e. The zero-order valence-corrected chi connectivity index (χ0v) is 17.2. The fraction of sp³-hybridized carbons (Fsp3) is 0.381. The van der Waals surface area contributed by atoms with Gasteiger partial charge in [-0.15, -0.1) is 0 Å². The van der Waals surface area contributed by atoms with Crippen LogP contribution in [0.25, 0.3) is 0 Å². The van der Waals surface area contributed by atoms with Crippen LogP contribution in [0.3, 0.4) is 0 Å². The zero-order valence-electron chi connectivity index (χ0n) is 16.5. The molecular formula is C21H27ClN2O3. The van der Waals surface area contributed by atoms with Crippen LogP contribution in [0.2, 0.25) is 5.02 Å². The molecule has 0 radical (unpaired) electrons. The van der Waals surface area contributed by atoms with Gasteiger partial charge in [0.2, 0.25) is 5.91 Å². The van der Waals surface area contributed by atoms with Crippen molar-refractivity contribution in [1.82, 2.24) is 0 Å². The van der Waals surface area contributed by atoms with Crippen LogP contribution in [0.1, 0.15) is 32.8 Å². The van der Waals surface area contributed by atoms with Crippen molar-refractivity contribution in [3.8, 4) is 11.5 Å². The summed E-state index contributed by atoms with van der Waals surface area (Å²) in [6.07, 6.45) is 0.315. The zero-order chi connectivity index (χ0) is 20.0. The van der Waals surface area contributed by atoms with Gasteiger partial charge in [-0.3, -0.25) is 4.79 Å². The molecule has 0 unspecified atom stereocenters. The van der Waals surface area contributed by atoms with E-state index in [1.165, 1.54) is 5.56 Å². The molecule has 0 aliphatic rings. The second-order valence-corrected chi connectivity index (χ2v) is 7.65. The van der Waals surface area contributed by atoms with Gasteiger partial charge in [-0.25, -0.2) is 0 Å². The van der Waals surface area contributed by atoms with E-state index in [-0.39, 0.29) is 11.3 Å². The third-order valence-corrected chi connectivity index (χ3v) is 4.47. The molecule has 2 aromatic carbocycles. The summed E-state index contributed by atoms with van der Waals surface area (Å²) < 4.78 is 10.5. The van der Waals surface area contributed by atoms with Gasteiger partial charge in [0.1, 0.15) is 11.5 Å². The first kappa shape index (κ1) is 20.9. The summed E-state index contributed by atoms with van der Waals surface area (Å²) >= 11 is 6.10. The average Bonchev–Trinajstić information content (AvgIpc) is 2.62. The van der Waals surface area contributed by atoms with Crippen molar-refractivity contribution in [3.63, 3.8) is 0 Å². The number of carbonyl (C=O) groups excluding carboxylic acids is 1. The molecule has 0 aliphatic carbocycles. The number of hydrogen-bond donors (Lipinski definition) is 2. The molecule has 2 N–H and O–H groups in total. The molecule has 0 fully saturated rings. The molecular weight excluding hydrogens is 364 g/mol. The second-order valence-electron chi connectivity index (χ2n) is 7.24. The summed E-state index contributed by atoms with van der Waals surface area (Å²) in [5.41, 5.74) is 2.83. The first-order valence-electron chi connectivity index (χ1n) is 8.80. The molecule has 5 nitrogen and oxygen atoms in total. The Hall–Kier alpha value is -2.40. The van der Waals surface area contributed by atoms with Gasteiger partial charge in [-0.1, -0.05) is 44.5 Å². The molecule has 0 heterocycles. The highest BCUT2D eigenvalue weighted by Gasteiger charge is 2.13. The number of anilines is 2. The maximum Gasteiger partial charge on any atom is 0.226 e. The van der Waals surface area contributed by atoms with E-state index in [1.807, 2.05) is 24.3 Å². The van der Waals surface area contributed by atoms with E-state index in [1.54, 1.807) is 26.4 Å². The van der Waals surface area contributed by atoms with Crippen LogP contribution in [0.4, 0.5) is 11.4 Å². The van der Waals surface area contributed by atoms with Gasteiger partial charge in [0.15, 0.2) is 0 Å². The molecule has 146 valence electrons. The number of carbonyl (C=O) groups is 1. The molecule has 0 aliphatic heterocycles. The quantitative estimate of drug-likeness (QED) is 0.690. The highest BCUT2D eigenvalue weighted by atomic mass is 35.5. The number of hydrogen-bond acceptors (Lipinski definition) is 4. The largest absolute Gasteiger partial charge is 0.495 e. The average molecular weight is 391 g/mol. The lowest BCUT2D eigenvalue weighted by Crippen LogP contribution is -2.17. The highest BCUT2D eigenvalue weighted by Crippen LogP contribution is 2.35. The summed E-state index contributed by atoms with van der Waals surface area (Å²) in [6, 6.07) is 11.4. The molecule has 0 spiro atoms. The third kappa shape index (κ3) is 5.79. The van der Waals surface area contributed by atoms with Gasteiger partial charge in [0.25, 0.3) is 0 Å². The number of ether oxygens (including phenoxy) is 2. The van der Waals surface area contributed by atoms with Gasteiger partial charge < -0.3 is 20.1 Å². The Morgan fingerprint density at radius 3 is 2.22 bits per heavy atom. The molecule has 2 aromatic rings. The van der Waals surface area contributed by atoms with Crippen LogP contribution >= 0.6 is 11.6 Å². The van der Waals surface area contributed by atoms with Gasteiger partial charge in [-0.2, -0.15) is 0 Å². The van der Waals surface area contributed by atoms with E-state index in [4.69, 9.17) is 21.1 Å². The van der Waals surface area contributed by atoms with Crippen molar-refractivity contribution in [1.29, 1.82) is 0 Å². The lowest BCUT2D eigenvalue weighted by Gasteiger charge is -2.19. The van der Waals surface area contributed by atoms with E-state index in [0.717, 1.165) is 11.4 Å². The van der Waals surface area contributed by atoms with Crippen molar-refractivity contribution >= 4 is 28.9 Å². The summed E-state index contributed by atoms with van der Waals surface area (Å²) in [5, 5.41) is 6.57. The van der Waals surface area contributed by atoms with Gasteiger partial charge in [-0.05, 0) is 23.1 Å². The van der Waals surface area contributed by atoms with E-state index < -0.39 is 0 Å². The molecule has 2 rings (SSSR count). The maximum atomic E-state index is 12.2. The second kappa shape index (κ2) is 9.00. The van der Waals surface area contributed by atoms with E-state index in [2.05, 4.69) is 31.4 Å². The lowest BCUT2D eigenvalue weighted by molar-refractivity contribution is -0.115. The van der Waals surface area contributed by atoms with Crippen molar-refractivity contribution in [3.05, 3.63) is 47.0 Å². The highest BCUT2D eigenvalue weighted by molar-refractivity contribution is 6.32. The van der Waals surface area contributed by atoms with Gasteiger partial charge in [0, 0.05) is 30.8 Å². The SMILES string of the molecule is COc1cc(NCCC(=O)Nc2ccc(C(C)(C)C)cc2)c(OC)cc1Cl. The molecule has 0 atom stereocenters. The number of benzene rings is 2. The van der Waals surface area contributed by atoms with Crippen LogP contribution in [0, 0.1) is 0 Å². The Balaban J connectivity index is 1.91. The summed E-state index contributed by atoms with van der Waals surface area (Å²) in [7, 11) is 3.12. The van der Waals surface area contributed by atoms with Crippen LogP contribution in [0.15, 0.2) is 36.4 Å². The molecule has 0 aromatic heterocycles. The third-order valence-electron chi connectivity index (χ3n) is 4.18. The summed E-state index contributed by atoms with van der Waals surface area (Å²) in [6.45, 7) is 6.93. The first-order valence-corrected chi connectivity index (χ1v) is 9.18. The van der Waals surface area contributed by atoms with Crippen molar-refractivity contribution in [2.24, 2.45) is 0 Å². The fourth-order valence-corrected chi connectivity index (χ4v) is 2.82. The van der Waals surface area contributed by atoms with Crippen molar-refractivity contribution in [2.45, 2.75) is 32.6 Å². The maximum absolute atomic E-state index is 12.2. The van der Waals surface area contributed by atoms with Crippen molar-refractivity contribution in [2.75, 3.05) is 31.4 Å². The van der Waals surface area contributed by atoms with Gasteiger partial charge in [0.05, 0.1) is 24.9 Å². The van der Waals surface area contributed by atoms with Crippen LogP contribution < -0.4 is 20.1 Å². The standard InChI is InChI=1S/C21H27ClN2O3/c1-21(2,3)14-6-8-15(9-7-14)24-20(25)10-11-23-17-13-18(26-4)16(22)12-19(17)27-5/h6-9,12-13,23H,10-11H2,1-5H3,(H,24,25).